The largest absolute Gasteiger partial charge is 0.361 e. The van der Waals surface area contributed by atoms with Gasteiger partial charge in [0.25, 0.3) is 0 Å². The lowest BCUT2D eigenvalue weighted by molar-refractivity contribution is 0.637. The standard InChI is InChI=1S/C17H13FN2/c18-15-8-4-7-14-16(10-12-20-17(14)15)19-11-9-13-5-2-1-3-6-13/h1-12H,(H,19,20). The van der Waals surface area contributed by atoms with Crippen molar-refractivity contribution in [2.45, 2.75) is 0 Å². The van der Waals surface area contributed by atoms with Crippen LogP contribution in [0, 0.1) is 5.82 Å². The SMILES string of the molecule is Fc1cccc2c(NC=Cc3ccccc3)ccnc12. The van der Waals surface area contributed by atoms with Crippen LogP contribution in [0.15, 0.2) is 67.0 Å². The number of nitrogens with one attached hydrogen (secondary N) is 1. The van der Waals surface area contributed by atoms with Gasteiger partial charge in [0.05, 0.1) is 0 Å². The second-order valence-corrected chi connectivity index (χ2v) is 4.38. The fraction of sp³-hybridized carbons (Fsp3) is 0. The monoisotopic (exact) mass is 264 g/mol. The number of pyridine rings is 1. The van der Waals surface area contributed by atoms with Gasteiger partial charge < -0.3 is 5.32 Å². The summed E-state index contributed by atoms with van der Waals surface area (Å²) in [7, 11) is 0. The van der Waals surface area contributed by atoms with Gasteiger partial charge in [0, 0.05) is 23.5 Å². The van der Waals surface area contributed by atoms with Crippen LogP contribution in [0.3, 0.4) is 0 Å². The van der Waals surface area contributed by atoms with Gasteiger partial charge in [0.15, 0.2) is 0 Å². The highest BCUT2D eigenvalue weighted by Crippen LogP contribution is 2.23. The Morgan fingerprint density at radius 2 is 1.80 bits per heavy atom. The zero-order valence-electron chi connectivity index (χ0n) is 10.8. The number of para-hydroxylation sites is 1. The van der Waals surface area contributed by atoms with E-state index in [1.807, 2.05) is 54.7 Å². The van der Waals surface area contributed by atoms with E-state index in [9.17, 15) is 4.39 Å². The van der Waals surface area contributed by atoms with Crippen LogP contribution < -0.4 is 5.32 Å². The topological polar surface area (TPSA) is 24.9 Å². The molecule has 1 N–H and O–H groups in total. The average Bonchev–Trinajstić information content (AvgIpc) is 2.49. The van der Waals surface area contributed by atoms with E-state index in [1.165, 1.54) is 6.07 Å². The molecule has 0 radical (unpaired) electrons. The lowest BCUT2D eigenvalue weighted by atomic mass is 10.2. The summed E-state index contributed by atoms with van der Waals surface area (Å²) < 4.78 is 13.6. The van der Waals surface area contributed by atoms with E-state index in [0.717, 1.165) is 16.6 Å². The Bertz CT molecular complexity index is 751. The molecule has 0 unspecified atom stereocenters. The van der Waals surface area contributed by atoms with Gasteiger partial charge in [-0.1, -0.05) is 42.5 Å². The van der Waals surface area contributed by atoms with Crippen molar-refractivity contribution in [1.82, 2.24) is 4.98 Å². The van der Waals surface area contributed by atoms with E-state index in [0.29, 0.717) is 5.52 Å². The molecule has 0 aliphatic carbocycles. The van der Waals surface area contributed by atoms with E-state index in [-0.39, 0.29) is 5.82 Å². The first-order valence-electron chi connectivity index (χ1n) is 6.36. The van der Waals surface area contributed by atoms with Crippen LogP contribution in [0.4, 0.5) is 10.1 Å². The maximum atomic E-state index is 13.6. The predicted octanol–water partition coefficient (Wildman–Crippen LogP) is 4.46. The Balaban J connectivity index is 1.88. The van der Waals surface area contributed by atoms with Crippen molar-refractivity contribution in [3.05, 3.63) is 78.4 Å². The number of hydrogen-bond donors (Lipinski definition) is 1. The van der Waals surface area contributed by atoms with E-state index < -0.39 is 0 Å². The highest BCUT2D eigenvalue weighted by molar-refractivity contribution is 5.91. The molecule has 98 valence electrons. The Labute approximate surface area is 116 Å². The normalized spacial score (nSPS) is 11.1. The molecule has 0 aliphatic rings. The number of nitrogens with zero attached hydrogens (tertiary/aromatic N) is 1. The lowest BCUT2D eigenvalue weighted by Gasteiger charge is -2.05. The molecule has 20 heavy (non-hydrogen) atoms. The minimum Gasteiger partial charge on any atom is -0.361 e. The average molecular weight is 264 g/mol. The molecule has 0 bridgehead atoms. The summed E-state index contributed by atoms with van der Waals surface area (Å²) >= 11 is 0. The number of halogens is 1. The molecule has 0 saturated heterocycles. The lowest BCUT2D eigenvalue weighted by Crippen LogP contribution is -1.92. The summed E-state index contributed by atoms with van der Waals surface area (Å²) in [5.41, 5.74) is 2.32. The molecule has 0 saturated carbocycles. The van der Waals surface area contributed by atoms with Gasteiger partial charge >= 0.3 is 0 Å². The zero-order valence-corrected chi connectivity index (χ0v) is 10.8. The van der Waals surface area contributed by atoms with E-state index in [2.05, 4.69) is 10.3 Å². The Morgan fingerprint density at radius 3 is 2.65 bits per heavy atom. The van der Waals surface area contributed by atoms with Crippen LogP contribution >= 0.6 is 0 Å². The van der Waals surface area contributed by atoms with Crippen molar-refractivity contribution in [3.63, 3.8) is 0 Å². The molecule has 0 spiro atoms. The minimum atomic E-state index is -0.307. The first kappa shape index (κ1) is 12.4. The molecule has 1 aromatic heterocycles. The fourth-order valence-electron chi connectivity index (χ4n) is 2.06. The van der Waals surface area contributed by atoms with Crippen molar-refractivity contribution < 1.29 is 4.39 Å². The fourth-order valence-corrected chi connectivity index (χ4v) is 2.06. The van der Waals surface area contributed by atoms with Gasteiger partial charge in [-0.3, -0.25) is 4.98 Å². The van der Waals surface area contributed by atoms with Gasteiger partial charge in [-0.2, -0.15) is 0 Å². The molecule has 1 heterocycles. The van der Waals surface area contributed by atoms with E-state index in [1.54, 1.807) is 12.3 Å². The maximum absolute atomic E-state index is 13.6. The van der Waals surface area contributed by atoms with Gasteiger partial charge in [-0.05, 0) is 23.8 Å². The van der Waals surface area contributed by atoms with Crippen molar-refractivity contribution in [3.8, 4) is 0 Å². The molecular formula is C17H13FN2. The molecule has 3 heteroatoms. The number of fused-ring (bicyclic) bond motifs is 1. The Hall–Kier alpha value is -2.68. The quantitative estimate of drug-likeness (QED) is 0.755. The number of aromatic nitrogens is 1. The minimum absolute atomic E-state index is 0.307. The van der Waals surface area contributed by atoms with Crippen molar-refractivity contribution in [2.24, 2.45) is 0 Å². The smallest absolute Gasteiger partial charge is 0.149 e. The number of hydrogen-bond acceptors (Lipinski definition) is 2. The molecule has 0 aliphatic heterocycles. The summed E-state index contributed by atoms with van der Waals surface area (Å²) in [5.74, 6) is -0.307. The first-order valence-corrected chi connectivity index (χ1v) is 6.36. The summed E-state index contributed by atoms with van der Waals surface area (Å²) in [6.07, 6.45) is 5.41. The summed E-state index contributed by atoms with van der Waals surface area (Å²) in [5, 5.41) is 3.94. The van der Waals surface area contributed by atoms with Crippen LogP contribution in [0.2, 0.25) is 0 Å². The third-order valence-corrected chi connectivity index (χ3v) is 3.04. The predicted molar refractivity (Wildman–Crippen MR) is 80.8 cm³/mol. The molecule has 0 fully saturated rings. The van der Waals surface area contributed by atoms with E-state index in [4.69, 9.17) is 0 Å². The molecule has 0 atom stereocenters. The molecule has 2 nitrogen and oxygen atoms in total. The van der Waals surface area contributed by atoms with Crippen molar-refractivity contribution in [1.29, 1.82) is 0 Å². The van der Waals surface area contributed by atoms with E-state index >= 15 is 0 Å². The summed E-state index contributed by atoms with van der Waals surface area (Å²) in [4.78, 5) is 4.07. The van der Waals surface area contributed by atoms with Crippen LogP contribution in [-0.4, -0.2) is 4.98 Å². The summed E-state index contributed by atoms with van der Waals surface area (Å²) in [6, 6.07) is 16.8. The van der Waals surface area contributed by atoms with Gasteiger partial charge in [0.2, 0.25) is 0 Å². The first-order chi connectivity index (χ1) is 9.84. The van der Waals surface area contributed by atoms with Crippen LogP contribution in [0.25, 0.3) is 17.0 Å². The number of benzene rings is 2. The second-order valence-electron chi connectivity index (χ2n) is 4.38. The van der Waals surface area contributed by atoms with Gasteiger partial charge in [-0.15, -0.1) is 0 Å². The highest BCUT2D eigenvalue weighted by Gasteiger charge is 2.04. The Morgan fingerprint density at radius 1 is 0.950 bits per heavy atom. The molecule has 3 rings (SSSR count). The van der Waals surface area contributed by atoms with Crippen LogP contribution in [0.1, 0.15) is 5.56 Å². The molecule has 3 aromatic rings. The van der Waals surface area contributed by atoms with Crippen LogP contribution in [-0.2, 0) is 0 Å². The Kier molecular flexibility index (Phi) is 3.42. The molecule has 0 amide bonds. The van der Waals surface area contributed by atoms with Gasteiger partial charge in [0.1, 0.15) is 11.3 Å². The third-order valence-electron chi connectivity index (χ3n) is 3.04. The second kappa shape index (κ2) is 5.53. The molecular weight excluding hydrogens is 251 g/mol. The number of anilines is 1. The number of rotatable bonds is 3. The third kappa shape index (κ3) is 2.52. The van der Waals surface area contributed by atoms with Crippen LogP contribution in [0.5, 0.6) is 0 Å². The molecule has 2 aromatic carbocycles. The zero-order chi connectivity index (χ0) is 13.8. The maximum Gasteiger partial charge on any atom is 0.149 e. The van der Waals surface area contributed by atoms with Crippen molar-refractivity contribution >= 4 is 22.7 Å². The van der Waals surface area contributed by atoms with Crippen molar-refractivity contribution in [2.75, 3.05) is 5.32 Å². The summed E-state index contributed by atoms with van der Waals surface area (Å²) in [6.45, 7) is 0. The van der Waals surface area contributed by atoms with Gasteiger partial charge in [-0.25, -0.2) is 4.39 Å². The highest BCUT2D eigenvalue weighted by atomic mass is 19.1.